The van der Waals surface area contributed by atoms with E-state index in [1.54, 1.807) is 4.68 Å². The van der Waals surface area contributed by atoms with Crippen LogP contribution in [0.3, 0.4) is 0 Å². The van der Waals surface area contributed by atoms with Gasteiger partial charge in [0.05, 0.1) is 11.4 Å². The molecule has 2 N–H and O–H groups in total. The predicted octanol–water partition coefficient (Wildman–Crippen LogP) is 2.77. The summed E-state index contributed by atoms with van der Waals surface area (Å²) in [5, 5.41) is 4.61. The first-order valence-corrected chi connectivity index (χ1v) is 7.56. The lowest BCUT2D eigenvalue weighted by molar-refractivity contribution is 0.0932. The standard InChI is InChI=1S/C17H20N4O/c1-4-21-16-13(15(20-21)11(2)3)10-14(18-19-17(16)22)12-8-6-5-7-9-12/h5-11,18H,4H2,1-3H3,(H,19,22). The van der Waals surface area contributed by atoms with Gasteiger partial charge in [0, 0.05) is 12.1 Å². The summed E-state index contributed by atoms with van der Waals surface area (Å²) in [6.07, 6.45) is 2.01. The molecule has 0 radical (unpaired) electrons. The molecule has 0 aliphatic carbocycles. The summed E-state index contributed by atoms with van der Waals surface area (Å²) in [5.74, 6) is 0.0964. The molecule has 0 unspecified atom stereocenters. The minimum absolute atomic E-state index is 0.154. The number of benzene rings is 1. The molecule has 0 atom stereocenters. The Hall–Kier alpha value is -2.56. The molecule has 2 heterocycles. The Morgan fingerprint density at radius 2 is 1.91 bits per heavy atom. The second kappa shape index (κ2) is 5.67. The summed E-state index contributed by atoms with van der Waals surface area (Å²) >= 11 is 0. The van der Waals surface area contributed by atoms with Gasteiger partial charge in [-0.25, -0.2) is 0 Å². The van der Waals surface area contributed by atoms with Crippen molar-refractivity contribution in [1.29, 1.82) is 0 Å². The molecule has 2 aromatic rings. The normalized spacial score (nSPS) is 14.0. The summed E-state index contributed by atoms with van der Waals surface area (Å²) in [6, 6.07) is 9.94. The number of carbonyl (C=O) groups excluding carboxylic acids is 1. The van der Waals surface area contributed by atoms with Gasteiger partial charge in [0.25, 0.3) is 5.91 Å². The zero-order valence-electron chi connectivity index (χ0n) is 13.1. The van der Waals surface area contributed by atoms with Crippen LogP contribution in [0.2, 0.25) is 0 Å². The van der Waals surface area contributed by atoms with Crippen molar-refractivity contribution in [3.8, 4) is 0 Å². The molecule has 22 heavy (non-hydrogen) atoms. The van der Waals surface area contributed by atoms with Crippen molar-refractivity contribution in [2.24, 2.45) is 0 Å². The van der Waals surface area contributed by atoms with Gasteiger partial charge < -0.3 is 0 Å². The van der Waals surface area contributed by atoms with Gasteiger partial charge in [0.1, 0.15) is 5.69 Å². The smallest absolute Gasteiger partial charge is 0.288 e. The van der Waals surface area contributed by atoms with Gasteiger partial charge >= 0.3 is 0 Å². The summed E-state index contributed by atoms with van der Waals surface area (Å²) in [4.78, 5) is 12.4. The Kier molecular flexibility index (Phi) is 3.71. The largest absolute Gasteiger partial charge is 0.298 e. The number of fused-ring (bicyclic) bond motifs is 1. The van der Waals surface area contributed by atoms with E-state index in [0.29, 0.717) is 12.2 Å². The minimum Gasteiger partial charge on any atom is -0.298 e. The minimum atomic E-state index is -0.154. The molecule has 5 heteroatoms. The highest BCUT2D eigenvalue weighted by atomic mass is 16.2. The first-order valence-electron chi connectivity index (χ1n) is 7.56. The van der Waals surface area contributed by atoms with Crippen molar-refractivity contribution in [3.05, 3.63) is 52.8 Å². The van der Waals surface area contributed by atoms with Crippen LogP contribution < -0.4 is 10.9 Å². The van der Waals surface area contributed by atoms with Crippen molar-refractivity contribution in [2.45, 2.75) is 33.2 Å². The van der Waals surface area contributed by atoms with Crippen LogP contribution in [0.5, 0.6) is 0 Å². The number of aromatic nitrogens is 2. The number of hydrazine groups is 1. The number of hydrogen-bond donors (Lipinski definition) is 2. The summed E-state index contributed by atoms with van der Waals surface area (Å²) in [7, 11) is 0. The molecule has 1 aliphatic rings. The molecule has 0 saturated heterocycles. The van der Waals surface area contributed by atoms with Crippen LogP contribution >= 0.6 is 0 Å². The Morgan fingerprint density at radius 1 is 1.18 bits per heavy atom. The van der Waals surface area contributed by atoms with Gasteiger partial charge in [-0.1, -0.05) is 44.2 Å². The van der Waals surface area contributed by atoms with Crippen molar-refractivity contribution < 1.29 is 4.79 Å². The summed E-state index contributed by atoms with van der Waals surface area (Å²) in [5.41, 5.74) is 10.1. The van der Waals surface area contributed by atoms with Gasteiger partial charge in [-0.15, -0.1) is 0 Å². The second-order valence-corrected chi connectivity index (χ2v) is 5.62. The molecule has 0 bridgehead atoms. The van der Waals surface area contributed by atoms with Crippen molar-refractivity contribution >= 4 is 17.7 Å². The first-order chi connectivity index (χ1) is 10.6. The number of aryl methyl sites for hydroxylation is 1. The third-order valence-electron chi connectivity index (χ3n) is 3.76. The van der Waals surface area contributed by atoms with Crippen molar-refractivity contribution in [3.63, 3.8) is 0 Å². The van der Waals surface area contributed by atoms with E-state index in [9.17, 15) is 4.79 Å². The highest BCUT2D eigenvalue weighted by Crippen LogP contribution is 2.27. The fraction of sp³-hybridized carbons (Fsp3) is 0.294. The maximum atomic E-state index is 12.4. The maximum Gasteiger partial charge on any atom is 0.288 e. The second-order valence-electron chi connectivity index (χ2n) is 5.62. The zero-order chi connectivity index (χ0) is 15.7. The molecular weight excluding hydrogens is 276 g/mol. The van der Waals surface area contributed by atoms with Crippen LogP contribution in [0.4, 0.5) is 0 Å². The molecule has 1 aliphatic heterocycles. The molecule has 3 rings (SSSR count). The lowest BCUT2D eigenvalue weighted by Crippen LogP contribution is -2.36. The number of nitrogens with one attached hydrogen (secondary N) is 2. The molecule has 114 valence electrons. The fourth-order valence-electron chi connectivity index (χ4n) is 2.67. The first kappa shape index (κ1) is 14.4. The van der Waals surface area contributed by atoms with Gasteiger partial charge in [-0.3, -0.25) is 20.3 Å². The lowest BCUT2D eigenvalue weighted by Gasteiger charge is -2.10. The third-order valence-corrected chi connectivity index (χ3v) is 3.76. The number of carbonyl (C=O) groups is 1. The lowest BCUT2D eigenvalue weighted by atomic mass is 10.0. The molecule has 0 saturated carbocycles. The van der Waals surface area contributed by atoms with E-state index < -0.39 is 0 Å². The van der Waals surface area contributed by atoms with Crippen LogP contribution in [-0.2, 0) is 6.54 Å². The average molecular weight is 296 g/mol. The Labute approximate surface area is 130 Å². The monoisotopic (exact) mass is 296 g/mol. The quantitative estimate of drug-likeness (QED) is 0.915. The van der Waals surface area contributed by atoms with Crippen molar-refractivity contribution in [1.82, 2.24) is 20.6 Å². The van der Waals surface area contributed by atoms with E-state index in [-0.39, 0.29) is 11.8 Å². The SMILES string of the molecule is CCn1nc(C(C)C)c2c1C(=O)NNC(c1ccccc1)=C2. The van der Waals surface area contributed by atoms with Gasteiger partial charge in [0.2, 0.25) is 0 Å². The maximum absolute atomic E-state index is 12.4. The fourth-order valence-corrected chi connectivity index (χ4v) is 2.67. The van der Waals surface area contributed by atoms with E-state index in [1.165, 1.54) is 0 Å². The van der Waals surface area contributed by atoms with Crippen LogP contribution in [0.15, 0.2) is 30.3 Å². The molecule has 1 amide bonds. The van der Waals surface area contributed by atoms with Gasteiger partial charge in [-0.2, -0.15) is 5.10 Å². The number of hydrogen-bond acceptors (Lipinski definition) is 3. The molecule has 0 fully saturated rings. The van der Waals surface area contributed by atoms with Gasteiger partial charge in [-0.05, 0) is 24.5 Å². The number of rotatable bonds is 3. The zero-order valence-corrected chi connectivity index (χ0v) is 13.1. The molecular formula is C17H20N4O. The van der Waals surface area contributed by atoms with E-state index >= 15 is 0 Å². The highest BCUT2D eigenvalue weighted by molar-refractivity contribution is 6.01. The van der Waals surface area contributed by atoms with E-state index in [1.807, 2.05) is 43.3 Å². The van der Waals surface area contributed by atoms with Crippen LogP contribution in [0.1, 0.15) is 54.0 Å². The number of nitrogens with zero attached hydrogens (tertiary/aromatic N) is 2. The van der Waals surface area contributed by atoms with Crippen LogP contribution in [0, 0.1) is 0 Å². The van der Waals surface area contributed by atoms with Gasteiger partial charge in [0.15, 0.2) is 0 Å². The Morgan fingerprint density at radius 3 is 2.55 bits per heavy atom. The van der Waals surface area contributed by atoms with Crippen LogP contribution in [-0.4, -0.2) is 15.7 Å². The van der Waals surface area contributed by atoms with E-state index in [0.717, 1.165) is 22.5 Å². The predicted molar refractivity (Wildman–Crippen MR) is 86.9 cm³/mol. The third kappa shape index (κ3) is 2.39. The summed E-state index contributed by atoms with van der Waals surface area (Å²) < 4.78 is 1.77. The van der Waals surface area contributed by atoms with E-state index in [4.69, 9.17) is 0 Å². The Bertz CT molecular complexity index is 729. The molecule has 5 nitrogen and oxygen atoms in total. The average Bonchev–Trinajstić information content (AvgIpc) is 2.81. The van der Waals surface area contributed by atoms with E-state index in [2.05, 4.69) is 29.8 Å². The van der Waals surface area contributed by atoms with Crippen molar-refractivity contribution in [2.75, 3.05) is 0 Å². The highest BCUT2D eigenvalue weighted by Gasteiger charge is 2.26. The summed E-state index contributed by atoms with van der Waals surface area (Å²) in [6.45, 7) is 6.84. The number of amides is 1. The topological polar surface area (TPSA) is 59.0 Å². The molecule has 1 aromatic heterocycles. The Balaban J connectivity index is 2.19. The molecule has 0 spiro atoms. The molecule has 1 aromatic carbocycles. The van der Waals surface area contributed by atoms with Crippen LogP contribution in [0.25, 0.3) is 11.8 Å².